The first-order chi connectivity index (χ1) is 12.8. The summed E-state index contributed by atoms with van der Waals surface area (Å²) in [5, 5.41) is 0. The van der Waals surface area contributed by atoms with Gasteiger partial charge in [-0.3, -0.25) is 0 Å². The molecule has 0 amide bonds. The molecule has 1 aliphatic rings. The van der Waals surface area contributed by atoms with Crippen molar-refractivity contribution in [3.63, 3.8) is 0 Å². The molecule has 1 aromatic heterocycles. The standard InChI is InChI=1S/C22H26FN3O/c1-21(2)7-9-22(24,10-8-21)13-15-3-5-16(6-4-15)27-20-12-19-18(11-17(20)23)25-14-26-19/h3-6,11-12,14H,7-10,13,24H2,1-2H3,(H,25,26). The fourth-order valence-corrected chi connectivity index (χ4v) is 3.82. The van der Waals surface area contributed by atoms with Crippen LogP contribution in [-0.4, -0.2) is 15.5 Å². The Bertz CT molecular complexity index is 936. The van der Waals surface area contributed by atoms with E-state index in [0.29, 0.717) is 22.2 Å². The number of rotatable bonds is 4. The van der Waals surface area contributed by atoms with Gasteiger partial charge in [-0.15, -0.1) is 0 Å². The molecule has 0 unspecified atom stereocenters. The minimum absolute atomic E-state index is 0.130. The van der Waals surface area contributed by atoms with Gasteiger partial charge in [-0.2, -0.15) is 0 Å². The smallest absolute Gasteiger partial charge is 0.167 e. The van der Waals surface area contributed by atoms with Gasteiger partial charge in [-0.25, -0.2) is 9.37 Å². The fourth-order valence-electron chi connectivity index (χ4n) is 3.82. The van der Waals surface area contributed by atoms with Crippen LogP contribution >= 0.6 is 0 Å². The van der Waals surface area contributed by atoms with E-state index in [0.717, 1.165) is 19.3 Å². The van der Waals surface area contributed by atoms with Crippen LogP contribution in [-0.2, 0) is 6.42 Å². The van der Waals surface area contributed by atoms with E-state index in [2.05, 4.69) is 23.8 Å². The summed E-state index contributed by atoms with van der Waals surface area (Å²) in [6, 6.07) is 10.8. The lowest BCUT2D eigenvalue weighted by Gasteiger charge is -2.41. The molecule has 1 saturated carbocycles. The van der Waals surface area contributed by atoms with Crippen molar-refractivity contribution in [3.8, 4) is 11.5 Å². The van der Waals surface area contributed by atoms with Gasteiger partial charge in [0, 0.05) is 17.7 Å². The van der Waals surface area contributed by atoms with Crippen LogP contribution in [0.25, 0.3) is 11.0 Å². The Morgan fingerprint density at radius 3 is 2.52 bits per heavy atom. The Kier molecular flexibility index (Phi) is 4.42. The summed E-state index contributed by atoms with van der Waals surface area (Å²) in [4.78, 5) is 7.03. The number of imidazole rings is 1. The van der Waals surface area contributed by atoms with E-state index in [1.807, 2.05) is 24.3 Å². The quantitative estimate of drug-likeness (QED) is 0.655. The molecular formula is C22H26FN3O. The van der Waals surface area contributed by atoms with Crippen LogP contribution in [0.5, 0.6) is 11.5 Å². The second-order valence-corrected chi connectivity index (χ2v) is 8.65. The number of benzene rings is 2. The Morgan fingerprint density at radius 2 is 1.81 bits per heavy atom. The first-order valence-corrected chi connectivity index (χ1v) is 9.50. The minimum Gasteiger partial charge on any atom is -0.454 e. The highest BCUT2D eigenvalue weighted by atomic mass is 19.1. The molecule has 5 heteroatoms. The van der Waals surface area contributed by atoms with E-state index in [9.17, 15) is 4.39 Å². The number of nitrogens with one attached hydrogen (secondary N) is 1. The van der Waals surface area contributed by atoms with Gasteiger partial charge >= 0.3 is 0 Å². The van der Waals surface area contributed by atoms with E-state index < -0.39 is 5.82 Å². The highest BCUT2D eigenvalue weighted by Gasteiger charge is 2.35. The van der Waals surface area contributed by atoms with Crippen molar-refractivity contribution in [2.24, 2.45) is 11.1 Å². The van der Waals surface area contributed by atoms with Crippen LogP contribution in [0.4, 0.5) is 4.39 Å². The fraction of sp³-hybridized carbons (Fsp3) is 0.409. The van der Waals surface area contributed by atoms with Gasteiger partial charge in [-0.1, -0.05) is 26.0 Å². The summed E-state index contributed by atoms with van der Waals surface area (Å²) in [6.07, 6.45) is 6.83. The lowest BCUT2D eigenvalue weighted by Crippen LogP contribution is -2.46. The van der Waals surface area contributed by atoms with Gasteiger partial charge in [0.2, 0.25) is 0 Å². The first-order valence-electron chi connectivity index (χ1n) is 9.50. The summed E-state index contributed by atoms with van der Waals surface area (Å²) in [6.45, 7) is 4.64. The zero-order valence-electron chi connectivity index (χ0n) is 15.9. The van der Waals surface area contributed by atoms with Crippen molar-refractivity contribution in [3.05, 3.63) is 54.1 Å². The van der Waals surface area contributed by atoms with Gasteiger partial charge in [0.25, 0.3) is 0 Å². The summed E-state index contributed by atoms with van der Waals surface area (Å²) in [5.74, 6) is 0.358. The average molecular weight is 367 g/mol. The number of ether oxygens (including phenoxy) is 1. The van der Waals surface area contributed by atoms with Crippen molar-refractivity contribution in [1.82, 2.24) is 9.97 Å². The predicted octanol–water partition coefficient (Wildman–Crippen LogP) is 5.33. The van der Waals surface area contributed by atoms with Crippen molar-refractivity contribution < 1.29 is 9.13 Å². The topological polar surface area (TPSA) is 63.9 Å². The molecule has 4 rings (SSSR count). The van der Waals surface area contributed by atoms with E-state index in [-0.39, 0.29) is 11.3 Å². The summed E-state index contributed by atoms with van der Waals surface area (Å²) in [7, 11) is 0. The number of nitrogens with two attached hydrogens (primary N) is 1. The molecule has 1 fully saturated rings. The van der Waals surface area contributed by atoms with Crippen molar-refractivity contribution in [1.29, 1.82) is 0 Å². The number of nitrogens with zero attached hydrogens (tertiary/aromatic N) is 1. The molecule has 0 spiro atoms. The molecule has 0 atom stereocenters. The van der Waals surface area contributed by atoms with E-state index in [1.54, 1.807) is 6.07 Å². The van der Waals surface area contributed by atoms with Crippen LogP contribution in [0, 0.1) is 11.2 Å². The molecule has 3 aromatic rings. The number of hydrogen-bond donors (Lipinski definition) is 2. The normalized spacial score (nSPS) is 18.5. The second kappa shape index (κ2) is 6.64. The molecule has 27 heavy (non-hydrogen) atoms. The lowest BCUT2D eigenvalue weighted by molar-refractivity contribution is 0.164. The molecule has 3 N–H and O–H groups in total. The molecular weight excluding hydrogens is 341 g/mol. The number of aromatic amines is 1. The third-order valence-electron chi connectivity index (χ3n) is 5.78. The minimum atomic E-state index is -0.415. The van der Waals surface area contributed by atoms with E-state index >= 15 is 0 Å². The highest BCUT2D eigenvalue weighted by molar-refractivity contribution is 5.76. The molecule has 0 radical (unpaired) electrons. The van der Waals surface area contributed by atoms with Crippen LogP contribution in [0.2, 0.25) is 0 Å². The van der Waals surface area contributed by atoms with Gasteiger partial charge in [0.1, 0.15) is 5.75 Å². The lowest BCUT2D eigenvalue weighted by atomic mass is 9.68. The first kappa shape index (κ1) is 18.0. The monoisotopic (exact) mass is 367 g/mol. The largest absolute Gasteiger partial charge is 0.454 e. The molecule has 1 aliphatic carbocycles. The molecule has 0 aliphatic heterocycles. The maximum absolute atomic E-state index is 14.2. The molecule has 1 heterocycles. The number of fused-ring (bicyclic) bond motifs is 1. The summed E-state index contributed by atoms with van der Waals surface area (Å²) in [5.41, 5.74) is 9.43. The van der Waals surface area contributed by atoms with Crippen molar-refractivity contribution >= 4 is 11.0 Å². The Hall–Kier alpha value is -2.40. The molecule has 0 bridgehead atoms. The predicted molar refractivity (Wildman–Crippen MR) is 105 cm³/mol. The van der Waals surface area contributed by atoms with Gasteiger partial charge < -0.3 is 15.5 Å². The Morgan fingerprint density at radius 1 is 1.11 bits per heavy atom. The van der Waals surface area contributed by atoms with Crippen LogP contribution < -0.4 is 10.5 Å². The molecule has 0 saturated heterocycles. The number of aromatic nitrogens is 2. The average Bonchev–Trinajstić information content (AvgIpc) is 3.07. The van der Waals surface area contributed by atoms with Gasteiger partial charge in [-0.05, 0) is 55.2 Å². The summed E-state index contributed by atoms with van der Waals surface area (Å²) < 4.78 is 19.9. The van der Waals surface area contributed by atoms with Gasteiger partial charge in [0.15, 0.2) is 11.6 Å². The van der Waals surface area contributed by atoms with Crippen LogP contribution in [0.1, 0.15) is 45.1 Å². The van der Waals surface area contributed by atoms with Gasteiger partial charge in [0.05, 0.1) is 17.4 Å². The van der Waals surface area contributed by atoms with E-state index in [4.69, 9.17) is 10.5 Å². The second-order valence-electron chi connectivity index (χ2n) is 8.65. The summed E-state index contributed by atoms with van der Waals surface area (Å²) >= 11 is 0. The number of halogens is 1. The maximum Gasteiger partial charge on any atom is 0.167 e. The number of H-pyrrole nitrogens is 1. The Balaban J connectivity index is 1.45. The zero-order chi connectivity index (χ0) is 19.1. The third-order valence-corrected chi connectivity index (χ3v) is 5.78. The molecule has 2 aromatic carbocycles. The van der Waals surface area contributed by atoms with Crippen molar-refractivity contribution in [2.45, 2.75) is 51.5 Å². The molecule has 4 nitrogen and oxygen atoms in total. The van der Waals surface area contributed by atoms with E-state index in [1.165, 1.54) is 30.8 Å². The maximum atomic E-state index is 14.2. The molecule has 142 valence electrons. The highest BCUT2D eigenvalue weighted by Crippen LogP contribution is 2.40. The van der Waals surface area contributed by atoms with Crippen LogP contribution in [0.15, 0.2) is 42.7 Å². The number of hydrogen-bond acceptors (Lipinski definition) is 3. The zero-order valence-corrected chi connectivity index (χ0v) is 15.9. The SMILES string of the molecule is CC1(C)CCC(N)(Cc2ccc(Oc3cc4nc[nH]c4cc3F)cc2)CC1. The van der Waals surface area contributed by atoms with Crippen LogP contribution in [0.3, 0.4) is 0 Å². The van der Waals surface area contributed by atoms with Crippen molar-refractivity contribution in [2.75, 3.05) is 0 Å². The Labute approximate surface area is 158 Å². The third kappa shape index (κ3) is 3.98.